The van der Waals surface area contributed by atoms with Crippen molar-refractivity contribution in [3.63, 3.8) is 0 Å². The van der Waals surface area contributed by atoms with Crippen LogP contribution in [0.1, 0.15) is 63.0 Å². The molecule has 1 fully saturated rings. The summed E-state index contributed by atoms with van der Waals surface area (Å²) in [5.74, 6) is 0.649. The zero-order valence-electron chi connectivity index (χ0n) is 14.2. The standard InChI is InChI=1S/C17H30N2OS/c1-12(2)9-14-15(11-18-17(3,4)5)21-16(19-14)10-13-7-6-8-20-13/h12-13,18H,6-11H2,1-5H3. The van der Waals surface area contributed by atoms with Gasteiger partial charge in [-0.3, -0.25) is 0 Å². The molecule has 0 radical (unpaired) electrons. The van der Waals surface area contributed by atoms with Gasteiger partial charge in [0.15, 0.2) is 0 Å². The number of aromatic nitrogens is 1. The maximum atomic E-state index is 5.75. The largest absolute Gasteiger partial charge is 0.378 e. The van der Waals surface area contributed by atoms with Crippen molar-refractivity contribution in [2.75, 3.05) is 6.61 Å². The number of thiazole rings is 1. The number of hydrogen-bond donors (Lipinski definition) is 1. The molecule has 2 heterocycles. The molecule has 0 saturated carbocycles. The first-order valence-corrected chi connectivity index (χ1v) is 8.99. The molecule has 1 N–H and O–H groups in total. The Bertz CT molecular complexity index is 442. The van der Waals surface area contributed by atoms with Gasteiger partial charge in [-0.2, -0.15) is 0 Å². The fourth-order valence-corrected chi connectivity index (χ4v) is 3.65. The van der Waals surface area contributed by atoms with E-state index in [0.29, 0.717) is 12.0 Å². The molecule has 0 aliphatic carbocycles. The molecule has 1 aliphatic heterocycles. The molecule has 1 unspecified atom stereocenters. The third-order valence-electron chi connectivity index (χ3n) is 3.63. The molecule has 21 heavy (non-hydrogen) atoms. The van der Waals surface area contributed by atoms with Gasteiger partial charge in [-0.25, -0.2) is 4.98 Å². The Morgan fingerprint density at radius 1 is 1.38 bits per heavy atom. The molecule has 1 aliphatic rings. The summed E-state index contributed by atoms with van der Waals surface area (Å²) in [6, 6.07) is 0. The topological polar surface area (TPSA) is 34.1 Å². The van der Waals surface area contributed by atoms with Crippen molar-refractivity contribution in [3.8, 4) is 0 Å². The second-order valence-corrected chi connectivity index (χ2v) is 8.69. The van der Waals surface area contributed by atoms with E-state index in [-0.39, 0.29) is 5.54 Å². The van der Waals surface area contributed by atoms with Gasteiger partial charge >= 0.3 is 0 Å². The summed E-state index contributed by atoms with van der Waals surface area (Å²) in [5, 5.41) is 4.85. The summed E-state index contributed by atoms with van der Waals surface area (Å²) in [4.78, 5) is 6.32. The van der Waals surface area contributed by atoms with E-state index in [1.807, 2.05) is 11.3 Å². The number of ether oxygens (including phenoxy) is 1. The summed E-state index contributed by atoms with van der Waals surface area (Å²) in [5.41, 5.74) is 1.44. The number of nitrogens with one attached hydrogen (secondary N) is 1. The minimum absolute atomic E-state index is 0.147. The highest BCUT2D eigenvalue weighted by Crippen LogP contribution is 2.25. The Morgan fingerprint density at radius 3 is 2.71 bits per heavy atom. The first kappa shape index (κ1) is 16.9. The van der Waals surface area contributed by atoms with Crippen LogP contribution in [0.2, 0.25) is 0 Å². The van der Waals surface area contributed by atoms with Crippen LogP contribution in [0, 0.1) is 5.92 Å². The zero-order chi connectivity index (χ0) is 15.5. The molecule has 120 valence electrons. The molecular formula is C17H30N2OS. The van der Waals surface area contributed by atoms with Gasteiger partial charge in [0.25, 0.3) is 0 Å². The van der Waals surface area contributed by atoms with Crippen molar-refractivity contribution >= 4 is 11.3 Å². The molecule has 4 heteroatoms. The van der Waals surface area contributed by atoms with E-state index in [9.17, 15) is 0 Å². The van der Waals surface area contributed by atoms with Crippen molar-refractivity contribution in [1.29, 1.82) is 0 Å². The second kappa shape index (κ2) is 7.21. The Balaban J connectivity index is 2.06. The lowest BCUT2D eigenvalue weighted by Crippen LogP contribution is -2.35. The number of rotatable bonds is 6. The molecule has 0 spiro atoms. The number of hydrogen-bond acceptors (Lipinski definition) is 4. The maximum Gasteiger partial charge on any atom is 0.0957 e. The number of nitrogens with zero attached hydrogens (tertiary/aromatic N) is 1. The van der Waals surface area contributed by atoms with Gasteiger partial charge in [-0.15, -0.1) is 11.3 Å². The maximum absolute atomic E-state index is 5.75. The van der Waals surface area contributed by atoms with Gasteiger partial charge in [-0.05, 0) is 46.0 Å². The van der Waals surface area contributed by atoms with Crippen LogP contribution in [-0.4, -0.2) is 23.2 Å². The SMILES string of the molecule is CC(C)Cc1nc(CC2CCCO2)sc1CNC(C)(C)C. The van der Waals surface area contributed by atoms with Gasteiger partial charge in [0, 0.05) is 30.0 Å². The van der Waals surface area contributed by atoms with Crippen LogP contribution in [-0.2, 0) is 24.1 Å². The average molecular weight is 311 g/mol. The van der Waals surface area contributed by atoms with Crippen molar-refractivity contribution < 1.29 is 4.74 Å². The molecule has 1 atom stereocenters. The lowest BCUT2D eigenvalue weighted by Gasteiger charge is -2.20. The Labute approximate surface area is 133 Å². The first-order valence-electron chi connectivity index (χ1n) is 8.17. The van der Waals surface area contributed by atoms with E-state index in [0.717, 1.165) is 26.0 Å². The van der Waals surface area contributed by atoms with E-state index >= 15 is 0 Å². The third kappa shape index (κ3) is 5.68. The van der Waals surface area contributed by atoms with E-state index < -0.39 is 0 Å². The second-order valence-electron chi connectivity index (χ2n) is 7.52. The highest BCUT2D eigenvalue weighted by Gasteiger charge is 2.20. The minimum Gasteiger partial charge on any atom is -0.378 e. The van der Waals surface area contributed by atoms with Gasteiger partial charge in [0.1, 0.15) is 0 Å². The summed E-state index contributed by atoms with van der Waals surface area (Å²) < 4.78 is 5.75. The van der Waals surface area contributed by atoms with E-state index in [2.05, 4.69) is 39.9 Å². The Morgan fingerprint density at radius 2 is 2.14 bits per heavy atom. The van der Waals surface area contributed by atoms with E-state index in [1.165, 1.54) is 28.4 Å². The molecule has 2 rings (SSSR count). The van der Waals surface area contributed by atoms with Gasteiger partial charge in [0.05, 0.1) is 16.8 Å². The minimum atomic E-state index is 0.147. The molecule has 1 saturated heterocycles. The highest BCUT2D eigenvalue weighted by molar-refractivity contribution is 7.11. The van der Waals surface area contributed by atoms with Crippen molar-refractivity contribution in [2.24, 2.45) is 5.92 Å². The summed E-state index contributed by atoms with van der Waals surface area (Å²) >= 11 is 1.88. The van der Waals surface area contributed by atoms with Crippen LogP contribution in [0.5, 0.6) is 0 Å². The van der Waals surface area contributed by atoms with Gasteiger partial charge in [0.2, 0.25) is 0 Å². The lowest BCUT2D eigenvalue weighted by atomic mass is 10.1. The lowest BCUT2D eigenvalue weighted by molar-refractivity contribution is 0.111. The van der Waals surface area contributed by atoms with Gasteiger partial charge in [-0.1, -0.05) is 13.8 Å². The first-order chi connectivity index (χ1) is 9.83. The fourth-order valence-electron chi connectivity index (χ4n) is 2.55. The summed E-state index contributed by atoms with van der Waals surface area (Å²) in [6.07, 6.45) is 4.85. The molecule has 0 bridgehead atoms. The van der Waals surface area contributed by atoms with Crippen molar-refractivity contribution in [3.05, 3.63) is 15.6 Å². The smallest absolute Gasteiger partial charge is 0.0957 e. The van der Waals surface area contributed by atoms with Crippen LogP contribution in [0.15, 0.2) is 0 Å². The Kier molecular flexibility index (Phi) is 5.81. The van der Waals surface area contributed by atoms with Crippen LogP contribution < -0.4 is 5.32 Å². The van der Waals surface area contributed by atoms with Crippen LogP contribution in [0.3, 0.4) is 0 Å². The monoisotopic (exact) mass is 310 g/mol. The van der Waals surface area contributed by atoms with Gasteiger partial charge < -0.3 is 10.1 Å². The van der Waals surface area contributed by atoms with Crippen LogP contribution in [0.4, 0.5) is 0 Å². The summed E-state index contributed by atoms with van der Waals surface area (Å²) in [7, 11) is 0. The summed E-state index contributed by atoms with van der Waals surface area (Å²) in [6.45, 7) is 13.0. The molecule has 0 amide bonds. The molecule has 1 aromatic heterocycles. The third-order valence-corrected chi connectivity index (χ3v) is 4.75. The predicted octanol–water partition coefficient (Wildman–Crippen LogP) is 3.95. The fraction of sp³-hybridized carbons (Fsp3) is 0.824. The van der Waals surface area contributed by atoms with Crippen molar-refractivity contribution in [2.45, 2.75) is 78.5 Å². The van der Waals surface area contributed by atoms with E-state index in [4.69, 9.17) is 9.72 Å². The normalized spacial score (nSPS) is 19.6. The Hall–Kier alpha value is -0.450. The molecule has 3 nitrogen and oxygen atoms in total. The van der Waals surface area contributed by atoms with E-state index in [1.54, 1.807) is 0 Å². The molecular weight excluding hydrogens is 280 g/mol. The van der Waals surface area contributed by atoms with Crippen LogP contribution in [0.25, 0.3) is 0 Å². The average Bonchev–Trinajstić information content (AvgIpc) is 2.96. The molecule has 0 aromatic carbocycles. The predicted molar refractivity (Wildman–Crippen MR) is 89.9 cm³/mol. The quantitative estimate of drug-likeness (QED) is 0.864. The molecule has 1 aromatic rings. The van der Waals surface area contributed by atoms with Crippen molar-refractivity contribution in [1.82, 2.24) is 10.3 Å². The van der Waals surface area contributed by atoms with Crippen LogP contribution >= 0.6 is 11.3 Å². The zero-order valence-corrected chi connectivity index (χ0v) is 15.0. The highest BCUT2D eigenvalue weighted by atomic mass is 32.1.